The second-order valence-electron chi connectivity index (χ2n) is 4.46. The lowest BCUT2D eigenvalue weighted by atomic mass is 10.2. The lowest BCUT2D eigenvalue weighted by Crippen LogP contribution is -2.21. The number of aromatic nitrogens is 2. The summed E-state index contributed by atoms with van der Waals surface area (Å²) >= 11 is 0. The number of nitrogens with two attached hydrogens (primary N) is 1. The maximum atomic E-state index is 8.64. The molecule has 0 bridgehead atoms. The van der Waals surface area contributed by atoms with E-state index in [4.69, 9.17) is 20.5 Å². The van der Waals surface area contributed by atoms with Crippen LogP contribution in [0.1, 0.15) is 6.42 Å². The number of anilines is 2. The van der Waals surface area contributed by atoms with Crippen molar-refractivity contribution in [2.45, 2.75) is 6.42 Å². The summed E-state index contributed by atoms with van der Waals surface area (Å²) in [6.45, 7) is 0.536. The first kappa shape index (κ1) is 17.6. The highest BCUT2D eigenvalue weighted by atomic mass is 35.5. The third-order valence-electron chi connectivity index (χ3n) is 3.12. The molecule has 0 fully saturated rings. The maximum Gasteiger partial charge on any atom is 0.227 e. The fraction of sp³-hybridized carbons (Fsp3) is 0.357. The molecule has 0 saturated carbocycles. The Morgan fingerprint density at radius 3 is 2.45 bits per heavy atom. The lowest BCUT2D eigenvalue weighted by Gasteiger charge is -2.17. The molecule has 0 atom stereocenters. The summed E-state index contributed by atoms with van der Waals surface area (Å²) in [6.07, 6.45) is 0.393. The van der Waals surface area contributed by atoms with Gasteiger partial charge in [-0.05, 0) is 6.07 Å². The fourth-order valence-corrected chi connectivity index (χ4v) is 1.96. The van der Waals surface area contributed by atoms with E-state index in [1.807, 2.05) is 7.05 Å². The van der Waals surface area contributed by atoms with Gasteiger partial charge in [-0.25, -0.2) is 4.98 Å². The highest BCUT2D eigenvalue weighted by Gasteiger charge is 2.13. The minimum absolute atomic E-state index is 0. The van der Waals surface area contributed by atoms with E-state index in [0.29, 0.717) is 47.1 Å². The van der Waals surface area contributed by atoms with Gasteiger partial charge in [-0.2, -0.15) is 10.2 Å². The molecular formula is C14H18ClN5O2. The van der Waals surface area contributed by atoms with Crippen molar-refractivity contribution >= 4 is 35.1 Å². The maximum absolute atomic E-state index is 8.64. The summed E-state index contributed by atoms with van der Waals surface area (Å²) in [4.78, 5) is 10.5. The number of rotatable bonds is 5. The first-order chi connectivity index (χ1) is 10.1. The Bertz CT molecular complexity index is 702. The fourth-order valence-electron chi connectivity index (χ4n) is 1.96. The Morgan fingerprint density at radius 1 is 1.23 bits per heavy atom. The molecule has 0 spiro atoms. The van der Waals surface area contributed by atoms with Crippen LogP contribution >= 0.6 is 12.4 Å². The zero-order valence-electron chi connectivity index (χ0n) is 12.7. The molecule has 0 aliphatic heterocycles. The van der Waals surface area contributed by atoms with Crippen LogP contribution < -0.4 is 20.1 Å². The van der Waals surface area contributed by atoms with Crippen molar-refractivity contribution in [2.75, 3.05) is 38.4 Å². The van der Waals surface area contributed by atoms with Gasteiger partial charge in [0.05, 0.1) is 32.2 Å². The summed E-state index contributed by atoms with van der Waals surface area (Å²) in [7, 11) is 4.94. The van der Waals surface area contributed by atoms with E-state index in [0.717, 1.165) is 0 Å². The Morgan fingerprint density at radius 2 is 1.86 bits per heavy atom. The van der Waals surface area contributed by atoms with Gasteiger partial charge in [0.2, 0.25) is 5.95 Å². The van der Waals surface area contributed by atoms with Crippen LogP contribution in [-0.4, -0.2) is 37.8 Å². The molecule has 8 heteroatoms. The van der Waals surface area contributed by atoms with Gasteiger partial charge in [-0.1, -0.05) is 0 Å². The predicted molar refractivity (Wildman–Crippen MR) is 87.8 cm³/mol. The second-order valence-corrected chi connectivity index (χ2v) is 4.46. The molecule has 1 aromatic carbocycles. The van der Waals surface area contributed by atoms with Crippen molar-refractivity contribution in [2.24, 2.45) is 0 Å². The topological polar surface area (TPSA) is 97.3 Å². The number of hydrogen-bond acceptors (Lipinski definition) is 7. The highest BCUT2D eigenvalue weighted by Crippen LogP contribution is 2.33. The number of nitriles is 1. The quantitative estimate of drug-likeness (QED) is 0.898. The summed E-state index contributed by atoms with van der Waals surface area (Å²) in [6, 6.07) is 5.60. The van der Waals surface area contributed by atoms with Gasteiger partial charge < -0.3 is 20.1 Å². The molecule has 7 nitrogen and oxygen atoms in total. The largest absolute Gasteiger partial charge is 0.493 e. The number of fused-ring (bicyclic) bond motifs is 1. The molecular weight excluding hydrogens is 306 g/mol. The highest BCUT2D eigenvalue weighted by molar-refractivity contribution is 5.91. The van der Waals surface area contributed by atoms with E-state index in [1.54, 1.807) is 31.3 Å². The average molecular weight is 324 g/mol. The van der Waals surface area contributed by atoms with Gasteiger partial charge in [-0.3, -0.25) is 0 Å². The molecule has 22 heavy (non-hydrogen) atoms. The molecule has 2 N–H and O–H groups in total. The Balaban J connectivity index is 0.00000242. The van der Waals surface area contributed by atoms with Crippen LogP contribution in [0.3, 0.4) is 0 Å². The molecule has 0 aliphatic rings. The number of nitrogen functional groups attached to an aromatic ring is 1. The first-order valence-electron chi connectivity index (χ1n) is 6.38. The van der Waals surface area contributed by atoms with Crippen LogP contribution in [0.2, 0.25) is 0 Å². The summed E-state index contributed by atoms with van der Waals surface area (Å²) in [5.41, 5.74) is 6.67. The van der Waals surface area contributed by atoms with Gasteiger partial charge in [0, 0.05) is 25.0 Å². The van der Waals surface area contributed by atoms with Crippen molar-refractivity contribution in [1.82, 2.24) is 9.97 Å². The molecule has 0 radical (unpaired) electrons. The molecule has 2 rings (SSSR count). The van der Waals surface area contributed by atoms with Gasteiger partial charge in [0.15, 0.2) is 11.5 Å². The minimum atomic E-state index is 0. The van der Waals surface area contributed by atoms with E-state index in [2.05, 4.69) is 16.0 Å². The predicted octanol–water partition coefficient (Wildman–Crippen LogP) is 2.00. The average Bonchev–Trinajstić information content (AvgIpc) is 2.51. The van der Waals surface area contributed by atoms with E-state index in [-0.39, 0.29) is 12.4 Å². The molecule has 0 unspecified atom stereocenters. The molecule has 1 aromatic heterocycles. The number of benzene rings is 1. The smallest absolute Gasteiger partial charge is 0.227 e. The third kappa shape index (κ3) is 3.40. The lowest BCUT2D eigenvalue weighted by molar-refractivity contribution is 0.356. The van der Waals surface area contributed by atoms with Crippen LogP contribution in [0.4, 0.5) is 11.8 Å². The number of hydrogen-bond donors (Lipinski definition) is 1. The van der Waals surface area contributed by atoms with Gasteiger partial charge in [0.1, 0.15) is 5.82 Å². The molecule has 2 aromatic rings. The van der Waals surface area contributed by atoms with Crippen LogP contribution in [0.5, 0.6) is 11.5 Å². The minimum Gasteiger partial charge on any atom is -0.493 e. The standard InChI is InChI=1S/C14H17N5O2.ClH/c1-19(6-4-5-15)14-17-10-8-12(21-3)11(20-2)7-9(10)13(16)18-14;/h7-8H,4,6H2,1-3H3,(H2,16,17,18);1H. The zero-order valence-corrected chi connectivity index (χ0v) is 13.5. The summed E-state index contributed by atoms with van der Waals surface area (Å²) < 4.78 is 10.5. The first-order valence-corrected chi connectivity index (χ1v) is 6.38. The third-order valence-corrected chi connectivity index (χ3v) is 3.12. The van der Waals surface area contributed by atoms with Crippen molar-refractivity contribution < 1.29 is 9.47 Å². The SMILES string of the molecule is COc1cc2nc(N(C)CCC#N)nc(N)c2cc1OC.Cl. The number of nitrogens with zero attached hydrogens (tertiary/aromatic N) is 4. The van der Waals surface area contributed by atoms with Gasteiger partial charge >= 0.3 is 0 Å². The van der Waals surface area contributed by atoms with Crippen molar-refractivity contribution in [3.05, 3.63) is 12.1 Å². The number of methoxy groups -OCH3 is 2. The molecule has 0 aliphatic carbocycles. The van der Waals surface area contributed by atoms with Gasteiger partial charge in [-0.15, -0.1) is 12.4 Å². The van der Waals surface area contributed by atoms with E-state index >= 15 is 0 Å². The zero-order chi connectivity index (χ0) is 15.4. The molecule has 0 amide bonds. The molecule has 118 valence electrons. The summed E-state index contributed by atoms with van der Waals surface area (Å²) in [5.74, 6) is 1.99. The van der Waals surface area contributed by atoms with Crippen molar-refractivity contribution in [3.8, 4) is 17.6 Å². The van der Waals surface area contributed by atoms with Crippen molar-refractivity contribution in [1.29, 1.82) is 5.26 Å². The van der Waals surface area contributed by atoms with Crippen molar-refractivity contribution in [3.63, 3.8) is 0 Å². The Hall–Kier alpha value is -2.46. The molecule has 0 saturated heterocycles. The summed E-state index contributed by atoms with van der Waals surface area (Å²) in [5, 5.41) is 9.34. The monoisotopic (exact) mass is 323 g/mol. The van der Waals surface area contributed by atoms with E-state index in [1.165, 1.54) is 0 Å². The van der Waals surface area contributed by atoms with E-state index in [9.17, 15) is 0 Å². The second kappa shape index (κ2) is 7.52. The van der Waals surface area contributed by atoms with Crippen LogP contribution in [0.25, 0.3) is 10.9 Å². The normalized spacial score (nSPS) is 9.73. The van der Waals surface area contributed by atoms with Crippen LogP contribution in [-0.2, 0) is 0 Å². The van der Waals surface area contributed by atoms with Crippen LogP contribution in [0.15, 0.2) is 12.1 Å². The number of ether oxygens (including phenoxy) is 2. The van der Waals surface area contributed by atoms with Gasteiger partial charge in [0.25, 0.3) is 0 Å². The molecule has 1 heterocycles. The Labute approximate surface area is 135 Å². The Kier molecular flexibility index (Phi) is 6.01. The number of halogens is 1. The van der Waals surface area contributed by atoms with Crippen LogP contribution in [0, 0.1) is 11.3 Å². The van der Waals surface area contributed by atoms with E-state index < -0.39 is 0 Å².